The first-order valence-corrected chi connectivity index (χ1v) is 11.3. The van der Waals surface area contributed by atoms with E-state index >= 15 is 0 Å². The van der Waals surface area contributed by atoms with Crippen molar-refractivity contribution in [1.82, 2.24) is 10.6 Å². The monoisotopic (exact) mass is 446 g/mol. The second kappa shape index (κ2) is 9.26. The molecule has 1 saturated carbocycles. The van der Waals surface area contributed by atoms with Crippen LogP contribution in [0.3, 0.4) is 0 Å². The van der Waals surface area contributed by atoms with Gasteiger partial charge >= 0.3 is 0 Å². The van der Waals surface area contributed by atoms with Gasteiger partial charge in [-0.05, 0) is 42.0 Å². The van der Waals surface area contributed by atoms with Gasteiger partial charge < -0.3 is 15.4 Å². The third-order valence-electron chi connectivity index (χ3n) is 5.48. The smallest absolute Gasteiger partial charge is 0.249 e. The van der Waals surface area contributed by atoms with Gasteiger partial charge in [-0.1, -0.05) is 30.3 Å². The molecule has 8 heteroatoms. The Kier molecular flexibility index (Phi) is 6.46. The zero-order valence-corrected chi connectivity index (χ0v) is 17.7. The van der Waals surface area contributed by atoms with Crippen LogP contribution in [0.15, 0.2) is 54.6 Å². The fourth-order valence-electron chi connectivity index (χ4n) is 3.70. The van der Waals surface area contributed by atoms with E-state index in [1.807, 2.05) is 54.6 Å². The van der Waals surface area contributed by atoms with Crippen molar-refractivity contribution in [2.75, 3.05) is 12.3 Å². The molecule has 4 rings (SSSR count). The van der Waals surface area contributed by atoms with Gasteiger partial charge in [-0.2, -0.15) is 0 Å². The molecule has 0 radical (unpaired) electrons. The number of benzene rings is 2. The maximum Gasteiger partial charge on any atom is 0.249 e. The summed E-state index contributed by atoms with van der Waals surface area (Å²) in [4.78, 5) is 24.8. The largest absolute Gasteiger partial charge is 0.457 e. The van der Waals surface area contributed by atoms with Gasteiger partial charge in [-0.25, -0.2) is 8.78 Å². The Bertz CT molecular complexity index is 916. The number of para-hydroxylation sites is 1. The first-order chi connectivity index (χ1) is 14.9. The van der Waals surface area contributed by atoms with E-state index in [0.29, 0.717) is 12.2 Å². The number of rotatable bonds is 6. The maximum atomic E-state index is 12.9. The first kappa shape index (κ1) is 21.6. The van der Waals surface area contributed by atoms with Gasteiger partial charge in [0.05, 0.1) is 0 Å². The lowest BCUT2D eigenvalue weighted by Gasteiger charge is -2.34. The minimum Gasteiger partial charge on any atom is -0.457 e. The summed E-state index contributed by atoms with van der Waals surface area (Å²) in [5.41, 5.74) is 0.879. The van der Waals surface area contributed by atoms with Crippen LogP contribution < -0.4 is 15.4 Å². The average molecular weight is 447 g/mol. The predicted molar refractivity (Wildman–Crippen MR) is 115 cm³/mol. The molecule has 1 saturated heterocycles. The summed E-state index contributed by atoms with van der Waals surface area (Å²) < 4.78 is 31.7. The molecule has 2 N–H and O–H groups in total. The number of hydrogen-bond acceptors (Lipinski definition) is 4. The van der Waals surface area contributed by atoms with E-state index in [0.717, 1.165) is 17.1 Å². The molecule has 0 bridgehead atoms. The van der Waals surface area contributed by atoms with E-state index < -0.39 is 24.7 Å². The molecule has 2 aliphatic rings. The molecule has 5 nitrogen and oxygen atoms in total. The van der Waals surface area contributed by atoms with Gasteiger partial charge in [-0.3, -0.25) is 9.59 Å². The number of hydrogen-bond donors (Lipinski definition) is 2. The molecule has 1 heterocycles. The molecule has 2 amide bonds. The van der Waals surface area contributed by atoms with E-state index in [-0.39, 0.29) is 29.7 Å². The Balaban J connectivity index is 1.29. The van der Waals surface area contributed by atoms with E-state index in [1.54, 1.807) is 11.8 Å². The second-order valence-corrected chi connectivity index (χ2v) is 9.15. The fraction of sp³-hybridized carbons (Fsp3) is 0.391. The first-order valence-electron chi connectivity index (χ1n) is 10.3. The van der Waals surface area contributed by atoms with Crippen LogP contribution in [0.25, 0.3) is 0 Å². The van der Waals surface area contributed by atoms with Crippen LogP contribution in [0.1, 0.15) is 30.1 Å². The van der Waals surface area contributed by atoms with Crippen LogP contribution in [0.4, 0.5) is 8.78 Å². The van der Waals surface area contributed by atoms with Crippen molar-refractivity contribution < 1.29 is 23.1 Å². The Hall–Kier alpha value is -2.61. The molecule has 164 valence electrons. The van der Waals surface area contributed by atoms with Crippen molar-refractivity contribution >= 4 is 23.6 Å². The quantitative estimate of drug-likeness (QED) is 0.694. The highest BCUT2D eigenvalue weighted by Crippen LogP contribution is 2.42. The van der Waals surface area contributed by atoms with E-state index in [4.69, 9.17) is 4.74 Å². The molecule has 2 aromatic carbocycles. The molecule has 31 heavy (non-hydrogen) atoms. The molecule has 0 aromatic heterocycles. The summed E-state index contributed by atoms with van der Waals surface area (Å²) in [6.45, 7) is 0.254. The zero-order valence-electron chi connectivity index (χ0n) is 16.9. The van der Waals surface area contributed by atoms with Crippen LogP contribution in [-0.2, 0) is 9.59 Å². The lowest BCUT2D eigenvalue weighted by Crippen LogP contribution is -2.49. The summed E-state index contributed by atoms with van der Waals surface area (Å²) in [6.07, 6.45) is -0.0846. The van der Waals surface area contributed by atoms with Crippen molar-refractivity contribution in [2.24, 2.45) is 5.92 Å². The summed E-state index contributed by atoms with van der Waals surface area (Å²) in [6, 6.07) is 16.7. The van der Waals surface area contributed by atoms with Crippen LogP contribution in [0.5, 0.6) is 11.5 Å². The molecule has 1 aliphatic carbocycles. The minimum absolute atomic E-state index is 0.117. The van der Waals surface area contributed by atoms with Crippen molar-refractivity contribution in [3.63, 3.8) is 0 Å². The van der Waals surface area contributed by atoms with Gasteiger partial charge in [-0.15, -0.1) is 11.8 Å². The van der Waals surface area contributed by atoms with Crippen LogP contribution in [-0.4, -0.2) is 36.1 Å². The second-order valence-electron chi connectivity index (χ2n) is 7.94. The molecular weight excluding hydrogens is 422 g/mol. The number of amides is 2. The zero-order chi connectivity index (χ0) is 21.8. The maximum absolute atomic E-state index is 12.9. The van der Waals surface area contributed by atoms with Gasteiger partial charge in [0, 0.05) is 31.3 Å². The summed E-state index contributed by atoms with van der Waals surface area (Å²) in [5, 5.41) is 5.34. The van der Waals surface area contributed by atoms with Crippen molar-refractivity contribution in [1.29, 1.82) is 0 Å². The number of carbonyl (C=O) groups excluding carboxylic acids is 2. The lowest BCUT2D eigenvalue weighted by molar-refractivity contribution is -0.150. The third-order valence-corrected chi connectivity index (χ3v) is 6.77. The van der Waals surface area contributed by atoms with Crippen molar-refractivity contribution in [3.05, 3.63) is 60.2 Å². The fourth-order valence-corrected chi connectivity index (χ4v) is 4.93. The van der Waals surface area contributed by atoms with Crippen molar-refractivity contribution in [3.8, 4) is 11.5 Å². The van der Waals surface area contributed by atoms with E-state index in [1.165, 1.54) is 0 Å². The summed E-state index contributed by atoms with van der Waals surface area (Å²) >= 11 is 1.55. The molecule has 2 aromatic rings. The highest BCUT2D eigenvalue weighted by molar-refractivity contribution is 8.00. The lowest BCUT2D eigenvalue weighted by atomic mass is 9.81. The summed E-state index contributed by atoms with van der Waals surface area (Å²) in [5.74, 6) is -1.65. The molecule has 1 aliphatic heterocycles. The molecule has 0 unspecified atom stereocenters. The SMILES string of the molecule is O=C(NC[C@@H]1CCS[C@H](c2ccc(Oc3ccccc3)cc2)C(=O)N1)C1CC(F)(F)C1. The van der Waals surface area contributed by atoms with Crippen LogP contribution in [0, 0.1) is 5.92 Å². The third kappa shape index (κ3) is 5.55. The standard InChI is InChI=1S/C23H24F2N2O3S/c24-23(25)12-16(13-23)21(28)26-14-17-10-11-31-20(22(29)27-17)15-6-8-19(9-7-15)30-18-4-2-1-3-5-18/h1-9,16-17,20H,10-14H2,(H,26,28)(H,27,29)/t17-,20+/m0/s1. The van der Waals surface area contributed by atoms with Gasteiger partial charge in [0.1, 0.15) is 16.7 Å². The molecule has 0 spiro atoms. The van der Waals surface area contributed by atoms with Gasteiger partial charge in [0.15, 0.2) is 0 Å². The highest BCUT2D eigenvalue weighted by atomic mass is 32.2. The van der Waals surface area contributed by atoms with E-state index in [2.05, 4.69) is 10.6 Å². The Morgan fingerprint density at radius 3 is 2.45 bits per heavy atom. The van der Waals surface area contributed by atoms with Crippen LogP contribution in [0.2, 0.25) is 0 Å². The summed E-state index contributed by atoms with van der Waals surface area (Å²) in [7, 11) is 0. The number of halogens is 2. The predicted octanol–water partition coefficient (Wildman–Crippen LogP) is 4.30. The number of ether oxygens (including phenoxy) is 1. The Morgan fingerprint density at radius 2 is 1.77 bits per heavy atom. The number of thioether (sulfide) groups is 1. The minimum atomic E-state index is -2.72. The Morgan fingerprint density at radius 1 is 1.10 bits per heavy atom. The molecule has 2 fully saturated rings. The topological polar surface area (TPSA) is 67.4 Å². The van der Waals surface area contributed by atoms with Crippen LogP contribution >= 0.6 is 11.8 Å². The Labute approximate surface area is 183 Å². The van der Waals surface area contributed by atoms with Gasteiger partial charge in [0.2, 0.25) is 17.7 Å². The number of nitrogens with one attached hydrogen (secondary N) is 2. The normalized spacial score (nSPS) is 23.2. The number of alkyl halides is 2. The van der Waals surface area contributed by atoms with E-state index in [9.17, 15) is 18.4 Å². The molecule has 2 atom stereocenters. The average Bonchev–Trinajstić information content (AvgIpc) is 2.92. The van der Waals surface area contributed by atoms with Crippen molar-refractivity contribution in [2.45, 2.75) is 36.5 Å². The number of carbonyl (C=O) groups is 2. The van der Waals surface area contributed by atoms with Gasteiger partial charge in [0.25, 0.3) is 0 Å². The highest BCUT2D eigenvalue weighted by Gasteiger charge is 2.48. The molecular formula is C23H24F2N2O3S.